The summed E-state index contributed by atoms with van der Waals surface area (Å²) in [5.41, 5.74) is 4.07. The summed E-state index contributed by atoms with van der Waals surface area (Å²) in [6.07, 6.45) is 0.278. The number of nitrogens with one attached hydrogen (secondary N) is 3. The lowest BCUT2D eigenvalue weighted by Crippen LogP contribution is -2.50. The van der Waals surface area contributed by atoms with Gasteiger partial charge < -0.3 is 5.32 Å². The zero-order valence-electron chi connectivity index (χ0n) is 16.1. The van der Waals surface area contributed by atoms with E-state index in [0.29, 0.717) is 11.3 Å². The van der Waals surface area contributed by atoms with Gasteiger partial charge in [-0.25, -0.2) is 18.1 Å². The maximum Gasteiger partial charge on any atom is 0.251 e. The summed E-state index contributed by atoms with van der Waals surface area (Å²) in [6, 6.07) is 15.2. The molecule has 0 aliphatic carbocycles. The summed E-state index contributed by atoms with van der Waals surface area (Å²) < 4.78 is 26.6. The van der Waals surface area contributed by atoms with Crippen LogP contribution in [0.5, 0.6) is 0 Å². The van der Waals surface area contributed by atoms with Crippen molar-refractivity contribution in [3.05, 3.63) is 65.7 Å². The molecule has 0 bridgehead atoms. The summed E-state index contributed by atoms with van der Waals surface area (Å²) in [5, 5.41) is 3.71. The number of rotatable bonds is 8. The van der Waals surface area contributed by atoms with Crippen LogP contribution in [0, 0.1) is 0 Å². The Morgan fingerprint density at radius 3 is 2.40 bits per heavy atom. The molecule has 1 aliphatic heterocycles. The second-order valence-corrected chi connectivity index (χ2v) is 8.62. The number of benzene rings is 2. The number of hydrogen-bond donors (Lipinski definition) is 3. The predicted octanol–water partition coefficient (Wildman–Crippen LogP) is 0.694. The van der Waals surface area contributed by atoms with Crippen molar-refractivity contribution < 1.29 is 22.8 Å². The molecule has 158 valence electrons. The smallest absolute Gasteiger partial charge is 0.251 e. The molecule has 3 amide bonds. The van der Waals surface area contributed by atoms with Crippen molar-refractivity contribution in [1.29, 1.82) is 0 Å². The molecule has 0 radical (unpaired) electrons. The molecule has 10 heteroatoms. The van der Waals surface area contributed by atoms with Gasteiger partial charge in [0.05, 0.1) is 11.4 Å². The minimum absolute atomic E-state index is 0.0502. The molecular weight excluding hydrogens is 408 g/mol. The number of nitrogens with zero attached hydrogens (tertiary/aromatic N) is 1. The fourth-order valence-corrected chi connectivity index (χ4v) is 3.71. The van der Waals surface area contributed by atoms with Gasteiger partial charge in [0.25, 0.3) is 5.91 Å². The standard InChI is InChI=1S/C20H22N4O5S/c25-18-10-11-19(26)24(23-18)17-8-6-16(7-9-17)20(27)21-12-13-30(28,29)22-14-15-4-2-1-3-5-15/h1-9,22H,10-14H2,(H,21,27)(H,23,25). The summed E-state index contributed by atoms with van der Waals surface area (Å²) in [6.45, 7) is 0.135. The molecule has 1 fully saturated rings. The van der Waals surface area contributed by atoms with E-state index in [2.05, 4.69) is 15.5 Å². The van der Waals surface area contributed by atoms with E-state index in [1.54, 1.807) is 0 Å². The first-order valence-corrected chi connectivity index (χ1v) is 11.0. The van der Waals surface area contributed by atoms with Crippen LogP contribution in [0.25, 0.3) is 0 Å². The van der Waals surface area contributed by atoms with Gasteiger partial charge in [0.15, 0.2) is 0 Å². The highest BCUT2D eigenvalue weighted by atomic mass is 32.2. The Morgan fingerprint density at radius 1 is 1.00 bits per heavy atom. The average molecular weight is 430 g/mol. The second-order valence-electron chi connectivity index (χ2n) is 6.69. The summed E-state index contributed by atoms with van der Waals surface area (Å²) in [5.74, 6) is -1.18. The van der Waals surface area contributed by atoms with E-state index in [0.717, 1.165) is 10.6 Å². The van der Waals surface area contributed by atoms with Gasteiger partial charge in [0.1, 0.15) is 0 Å². The number of carbonyl (C=O) groups is 3. The zero-order valence-corrected chi connectivity index (χ0v) is 16.9. The van der Waals surface area contributed by atoms with Crippen molar-refractivity contribution in [2.45, 2.75) is 19.4 Å². The fraction of sp³-hybridized carbons (Fsp3) is 0.250. The van der Waals surface area contributed by atoms with Crippen LogP contribution in [-0.2, 0) is 26.2 Å². The molecule has 0 spiro atoms. The highest BCUT2D eigenvalue weighted by Crippen LogP contribution is 2.17. The third kappa shape index (κ3) is 5.88. The molecule has 3 N–H and O–H groups in total. The Kier molecular flexibility index (Phi) is 6.80. The number of sulfonamides is 1. The highest BCUT2D eigenvalue weighted by molar-refractivity contribution is 7.89. The molecule has 1 heterocycles. The van der Waals surface area contributed by atoms with Gasteiger partial charge in [-0.1, -0.05) is 30.3 Å². The van der Waals surface area contributed by atoms with E-state index < -0.39 is 15.9 Å². The Bertz CT molecular complexity index is 1020. The van der Waals surface area contributed by atoms with E-state index in [-0.39, 0.29) is 43.5 Å². The monoisotopic (exact) mass is 430 g/mol. The van der Waals surface area contributed by atoms with E-state index >= 15 is 0 Å². The van der Waals surface area contributed by atoms with Gasteiger partial charge in [0, 0.05) is 31.5 Å². The number of hydrogen-bond acceptors (Lipinski definition) is 5. The van der Waals surface area contributed by atoms with E-state index in [1.165, 1.54) is 24.3 Å². The molecule has 0 aromatic heterocycles. The number of carbonyl (C=O) groups excluding carboxylic acids is 3. The minimum atomic E-state index is -3.54. The van der Waals surface area contributed by atoms with Crippen molar-refractivity contribution in [3.63, 3.8) is 0 Å². The van der Waals surface area contributed by atoms with Crippen LogP contribution in [0.2, 0.25) is 0 Å². The normalized spacial score (nSPS) is 14.3. The maximum absolute atomic E-state index is 12.2. The highest BCUT2D eigenvalue weighted by Gasteiger charge is 2.24. The lowest BCUT2D eigenvalue weighted by molar-refractivity contribution is -0.130. The Morgan fingerprint density at radius 2 is 1.70 bits per heavy atom. The molecule has 0 atom stereocenters. The van der Waals surface area contributed by atoms with Crippen LogP contribution in [0.15, 0.2) is 54.6 Å². The zero-order chi connectivity index (χ0) is 21.6. The van der Waals surface area contributed by atoms with Gasteiger partial charge in [-0.15, -0.1) is 0 Å². The van der Waals surface area contributed by atoms with Gasteiger partial charge >= 0.3 is 0 Å². The van der Waals surface area contributed by atoms with Crippen molar-refractivity contribution in [1.82, 2.24) is 15.5 Å². The topological polar surface area (TPSA) is 125 Å². The first-order valence-electron chi connectivity index (χ1n) is 9.36. The molecule has 2 aromatic carbocycles. The average Bonchev–Trinajstić information content (AvgIpc) is 2.75. The van der Waals surface area contributed by atoms with Crippen LogP contribution >= 0.6 is 0 Å². The summed E-state index contributed by atoms with van der Waals surface area (Å²) in [7, 11) is -3.54. The maximum atomic E-state index is 12.2. The van der Waals surface area contributed by atoms with Crippen LogP contribution < -0.4 is 20.5 Å². The van der Waals surface area contributed by atoms with E-state index in [1.807, 2.05) is 30.3 Å². The quantitative estimate of drug-likeness (QED) is 0.568. The van der Waals surface area contributed by atoms with Gasteiger partial charge in [0.2, 0.25) is 21.8 Å². The first kappa shape index (κ1) is 21.5. The summed E-state index contributed by atoms with van der Waals surface area (Å²) in [4.78, 5) is 35.6. The van der Waals surface area contributed by atoms with Crippen LogP contribution in [0.4, 0.5) is 5.69 Å². The third-order valence-corrected chi connectivity index (χ3v) is 5.76. The fourth-order valence-electron chi connectivity index (χ4n) is 2.81. The first-order chi connectivity index (χ1) is 14.3. The molecule has 2 aromatic rings. The second kappa shape index (κ2) is 9.51. The lowest BCUT2D eigenvalue weighted by atomic mass is 10.1. The number of anilines is 1. The number of amides is 3. The molecule has 1 saturated heterocycles. The minimum Gasteiger partial charge on any atom is -0.351 e. The third-order valence-electron chi connectivity index (χ3n) is 4.43. The predicted molar refractivity (Wildman–Crippen MR) is 111 cm³/mol. The Labute approximate surface area is 174 Å². The SMILES string of the molecule is O=C1CCC(=O)N(c2ccc(C(=O)NCCS(=O)(=O)NCc3ccccc3)cc2)N1. The largest absolute Gasteiger partial charge is 0.351 e. The van der Waals surface area contributed by atoms with Crippen molar-refractivity contribution in [2.75, 3.05) is 17.3 Å². The van der Waals surface area contributed by atoms with Gasteiger partial charge in [-0.05, 0) is 29.8 Å². The van der Waals surface area contributed by atoms with Crippen LogP contribution in [0.1, 0.15) is 28.8 Å². The van der Waals surface area contributed by atoms with Gasteiger partial charge in [-0.2, -0.15) is 0 Å². The van der Waals surface area contributed by atoms with E-state index in [9.17, 15) is 22.8 Å². The van der Waals surface area contributed by atoms with Crippen molar-refractivity contribution in [2.24, 2.45) is 0 Å². The molecule has 30 heavy (non-hydrogen) atoms. The molecule has 0 saturated carbocycles. The van der Waals surface area contributed by atoms with Crippen molar-refractivity contribution in [3.8, 4) is 0 Å². The Balaban J connectivity index is 1.48. The van der Waals surface area contributed by atoms with Gasteiger partial charge in [-0.3, -0.25) is 19.8 Å². The molecule has 0 unspecified atom stereocenters. The molecular formula is C20H22N4O5S. The van der Waals surface area contributed by atoms with Crippen molar-refractivity contribution >= 4 is 33.4 Å². The Hall–Kier alpha value is -3.24. The van der Waals surface area contributed by atoms with Crippen LogP contribution in [0.3, 0.4) is 0 Å². The molecule has 1 aliphatic rings. The summed E-state index contributed by atoms with van der Waals surface area (Å²) >= 11 is 0. The lowest BCUT2D eigenvalue weighted by Gasteiger charge is -2.27. The van der Waals surface area contributed by atoms with Crippen LogP contribution in [-0.4, -0.2) is 38.4 Å². The molecule has 9 nitrogen and oxygen atoms in total. The molecule has 3 rings (SSSR count). The number of hydrazine groups is 1. The van der Waals surface area contributed by atoms with E-state index in [4.69, 9.17) is 0 Å².